The average molecular weight is 263 g/mol. The highest BCUT2D eigenvalue weighted by molar-refractivity contribution is 5.38. The van der Waals surface area contributed by atoms with Gasteiger partial charge in [-0.25, -0.2) is 4.98 Å². The largest absolute Gasteiger partial charge is 0.378 e. The Morgan fingerprint density at radius 2 is 2.11 bits per heavy atom. The number of anilines is 1. The van der Waals surface area contributed by atoms with E-state index in [0.29, 0.717) is 12.0 Å². The van der Waals surface area contributed by atoms with Crippen molar-refractivity contribution in [3.63, 3.8) is 0 Å². The highest BCUT2D eigenvalue weighted by Crippen LogP contribution is 2.38. The van der Waals surface area contributed by atoms with E-state index in [1.807, 2.05) is 6.92 Å². The molecule has 0 bridgehead atoms. The van der Waals surface area contributed by atoms with Crippen LogP contribution in [0.4, 0.5) is 5.82 Å². The summed E-state index contributed by atoms with van der Waals surface area (Å²) in [6.45, 7) is 4.66. The van der Waals surface area contributed by atoms with E-state index in [1.165, 1.54) is 0 Å². The summed E-state index contributed by atoms with van der Waals surface area (Å²) in [6, 6.07) is 1.62. The third-order valence-corrected chi connectivity index (χ3v) is 3.88. The number of hydrogen-bond acceptors (Lipinski definition) is 4. The van der Waals surface area contributed by atoms with Gasteiger partial charge in [-0.2, -0.15) is 0 Å². The molecular formula is C14H21N3O2. The topological polar surface area (TPSA) is 58.2 Å². The van der Waals surface area contributed by atoms with E-state index in [2.05, 4.69) is 14.9 Å². The predicted octanol–water partition coefficient (Wildman–Crippen LogP) is 1.65. The molecule has 3 rings (SSSR count). The van der Waals surface area contributed by atoms with E-state index in [4.69, 9.17) is 4.74 Å². The maximum atomic E-state index is 11.7. The Bertz CT molecular complexity index is 488. The standard InChI is InChI=1S/C14H21N3O2/c1-2-19-11-5-7-17(8-6-11)12-9-13(18)16-14(15-12)10-3-4-10/h9-11H,2-8H2,1H3,(H,15,16,18). The fourth-order valence-corrected chi connectivity index (χ4v) is 2.66. The molecule has 0 atom stereocenters. The van der Waals surface area contributed by atoms with Crippen LogP contribution in [0.2, 0.25) is 0 Å². The minimum Gasteiger partial charge on any atom is -0.378 e. The highest BCUT2D eigenvalue weighted by atomic mass is 16.5. The van der Waals surface area contributed by atoms with Crippen LogP contribution in [0.15, 0.2) is 10.9 Å². The number of H-pyrrole nitrogens is 1. The monoisotopic (exact) mass is 263 g/mol. The Morgan fingerprint density at radius 1 is 1.37 bits per heavy atom. The zero-order valence-corrected chi connectivity index (χ0v) is 11.4. The summed E-state index contributed by atoms with van der Waals surface area (Å²) in [5.74, 6) is 2.18. The number of aromatic amines is 1. The third-order valence-electron chi connectivity index (χ3n) is 3.88. The van der Waals surface area contributed by atoms with Crippen LogP contribution >= 0.6 is 0 Å². The molecule has 2 fully saturated rings. The zero-order valence-electron chi connectivity index (χ0n) is 11.4. The molecule has 1 saturated carbocycles. The van der Waals surface area contributed by atoms with E-state index in [9.17, 15) is 4.79 Å². The quantitative estimate of drug-likeness (QED) is 0.897. The first-order chi connectivity index (χ1) is 9.26. The molecule has 1 aliphatic heterocycles. The number of nitrogens with one attached hydrogen (secondary N) is 1. The molecule has 2 heterocycles. The minimum atomic E-state index is -0.0289. The molecule has 0 aromatic carbocycles. The van der Waals surface area contributed by atoms with Crippen LogP contribution in [0.25, 0.3) is 0 Å². The Hall–Kier alpha value is -1.36. The van der Waals surface area contributed by atoms with Crippen molar-refractivity contribution in [3.05, 3.63) is 22.2 Å². The summed E-state index contributed by atoms with van der Waals surface area (Å²) >= 11 is 0. The van der Waals surface area contributed by atoms with Crippen molar-refractivity contribution in [1.29, 1.82) is 0 Å². The Labute approximate surface area is 113 Å². The minimum absolute atomic E-state index is 0.0289. The molecule has 0 spiro atoms. The fraction of sp³-hybridized carbons (Fsp3) is 0.714. The van der Waals surface area contributed by atoms with Gasteiger partial charge in [0, 0.05) is 31.7 Å². The Balaban J connectivity index is 1.70. The smallest absolute Gasteiger partial charge is 0.252 e. The lowest BCUT2D eigenvalue weighted by atomic mass is 10.1. The van der Waals surface area contributed by atoms with Gasteiger partial charge in [-0.15, -0.1) is 0 Å². The Morgan fingerprint density at radius 3 is 2.74 bits per heavy atom. The van der Waals surface area contributed by atoms with Crippen molar-refractivity contribution >= 4 is 5.82 Å². The third kappa shape index (κ3) is 2.97. The second kappa shape index (κ2) is 5.33. The molecule has 1 N–H and O–H groups in total. The predicted molar refractivity (Wildman–Crippen MR) is 73.7 cm³/mol. The van der Waals surface area contributed by atoms with Crippen LogP contribution in [0.1, 0.15) is 44.3 Å². The van der Waals surface area contributed by atoms with Gasteiger partial charge in [0.2, 0.25) is 0 Å². The van der Waals surface area contributed by atoms with Gasteiger partial charge in [0.1, 0.15) is 11.6 Å². The van der Waals surface area contributed by atoms with Gasteiger partial charge >= 0.3 is 0 Å². The van der Waals surface area contributed by atoms with Crippen molar-refractivity contribution in [1.82, 2.24) is 9.97 Å². The first-order valence-corrected chi connectivity index (χ1v) is 7.24. The molecule has 0 unspecified atom stereocenters. The molecule has 5 heteroatoms. The van der Waals surface area contributed by atoms with Crippen LogP contribution in [0.3, 0.4) is 0 Å². The molecule has 0 amide bonds. The van der Waals surface area contributed by atoms with Crippen molar-refractivity contribution in [2.24, 2.45) is 0 Å². The molecule has 2 aliphatic rings. The second-order valence-electron chi connectivity index (χ2n) is 5.40. The summed E-state index contributed by atoms with van der Waals surface area (Å²) in [5, 5.41) is 0. The molecule has 104 valence electrons. The van der Waals surface area contributed by atoms with Gasteiger partial charge in [-0.3, -0.25) is 4.79 Å². The van der Waals surface area contributed by atoms with Crippen LogP contribution in [0.5, 0.6) is 0 Å². The number of nitrogens with zero attached hydrogens (tertiary/aromatic N) is 2. The summed E-state index contributed by atoms with van der Waals surface area (Å²) in [4.78, 5) is 21.4. The molecule has 1 aromatic heterocycles. The van der Waals surface area contributed by atoms with Gasteiger partial charge in [-0.05, 0) is 32.6 Å². The average Bonchev–Trinajstić information content (AvgIpc) is 3.23. The maximum Gasteiger partial charge on any atom is 0.252 e. The van der Waals surface area contributed by atoms with Gasteiger partial charge < -0.3 is 14.6 Å². The second-order valence-corrected chi connectivity index (χ2v) is 5.40. The molecule has 0 radical (unpaired) electrons. The number of ether oxygens (including phenoxy) is 1. The summed E-state index contributed by atoms with van der Waals surface area (Å²) in [6.07, 6.45) is 4.70. The van der Waals surface area contributed by atoms with Gasteiger partial charge in [-0.1, -0.05) is 0 Å². The highest BCUT2D eigenvalue weighted by Gasteiger charge is 2.27. The van der Waals surface area contributed by atoms with Gasteiger partial charge in [0.05, 0.1) is 6.10 Å². The normalized spacial score (nSPS) is 20.8. The van der Waals surface area contributed by atoms with E-state index < -0.39 is 0 Å². The number of rotatable bonds is 4. The van der Waals surface area contributed by atoms with E-state index in [1.54, 1.807) is 6.07 Å². The van der Waals surface area contributed by atoms with Crippen LogP contribution < -0.4 is 10.5 Å². The zero-order chi connectivity index (χ0) is 13.2. The Kier molecular flexibility index (Phi) is 3.55. The SMILES string of the molecule is CCOC1CCN(c2cc(=O)[nH]c(C3CC3)n2)CC1. The summed E-state index contributed by atoms with van der Waals surface area (Å²) in [5.41, 5.74) is -0.0289. The van der Waals surface area contributed by atoms with E-state index in [0.717, 1.165) is 57.0 Å². The molecule has 1 saturated heterocycles. The first-order valence-electron chi connectivity index (χ1n) is 7.24. The van der Waals surface area contributed by atoms with Gasteiger partial charge in [0.15, 0.2) is 0 Å². The van der Waals surface area contributed by atoms with E-state index >= 15 is 0 Å². The first kappa shape index (κ1) is 12.7. The van der Waals surface area contributed by atoms with Crippen LogP contribution in [-0.2, 0) is 4.74 Å². The van der Waals surface area contributed by atoms with E-state index in [-0.39, 0.29) is 5.56 Å². The van der Waals surface area contributed by atoms with Crippen molar-refractivity contribution in [2.75, 3.05) is 24.6 Å². The molecule has 5 nitrogen and oxygen atoms in total. The number of aromatic nitrogens is 2. The number of hydrogen-bond donors (Lipinski definition) is 1. The van der Waals surface area contributed by atoms with Crippen molar-refractivity contribution < 1.29 is 4.74 Å². The van der Waals surface area contributed by atoms with Crippen molar-refractivity contribution in [3.8, 4) is 0 Å². The van der Waals surface area contributed by atoms with Crippen molar-refractivity contribution in [2.45, 2.75) is 44.6 Å². The lowest BCUT2D eigenvalue weighted by Gasteiger charge is -2.32. The van der Waals surface area contributed by atoms with Gasteiger partial charge in [0.25, 0.3) is 5.56 Å². The maximum absolute atomic E-state index is 11.7. The lowest BCUT2D eigenvalue weighted by molar-refractivity contribution is 0.0458. The fourth-order valence-electron chi connectivity index (χ4n) is 2.66. The molecule has 19 heavy (non-hydrogen) atoms. The molecular weight excluding hydrogens is 242 g/mol. The number of piperidine rings is 1. The van der Waals surface area contributed by atoms with Crippen LogP contribution in [-0.4, -0.2) is 35.8 Å². The molecule has 1 aliphatic carbocycles. The van der Waals surface area contributed by atoms with Crippen LogP contribution in [0, 0.1) is 0 Å². The summed E-state index contributed by atoms with van der Waals surface area (Å²) in [7, 11) is 0. The molecule has 1 aromatic rings. The summed E-state index contributed by atoms with van der Waals surface area (Å²) < 4.78 is 5.65. The lowest BCUT2D eigenvalue weighted by Crippen LogP contribution is -2.38.